The molecule has 92 valence electrons. The number of nitrogens with two attached hydrogens (primary N) is 1. The van der Waals surface area contributed by atoms with Crippen molar-refractivity contribution in [2.75, 3.05) is 0 Å². The zero-order valence-corrected chi connectivity index (χ0v) is 10.5. The van der Waals surface area contributed by atoms with E-state index in [1.54, 1.807) is 24.3 Å². The smallest absolute Gasteiger partial charge is 0.327 e. The summed E-state index contributed by atoms with van der Waals surface area (Å²) in [6.07, 6.45) is 0. The number of aromatic amines is 1. The third-order valence-electron chi connectivity index (χ3n) is 2.29. The number of hydrogen-bond donors (Lipinski definition) is 2. The van der Waals surface area contributed by atoms with Crippen molar-refractivity contribution in [2.45, 2.75) is 0 Å². The molecule has 7 nitrogen and oxygen atoms in total. The van der Waals surface area contributed by atoms with E-state index in [2.05, 4.69) is 26.1 Å². The maximum absolute atomic E-state index is 11.1. The number of carbonyl (C=O) groups is 1. The molecule has 0 saturated carbocycles. The standard InChI is InChI=1S/C10H7BrN4O3/c11-6-3-1-5(2-4-6)7-9(15(17)18)8(10(12)16)14-13-7/h1-4H,(H2,12,16)(H,13,14). The summed E-state index contributed by atoms with van der Waals surface area (Å²) in [5.41, 5.74) is 4.93. The van der Waals surface area contributed by atoms with Crippen molar-refractivity contribution in [1.29, 1.82) is 0 Å². The lowest BCUT2D eigenvalue weighted by Gasteiger charge is -1.97. The molecule has 0 fully saturated rings. The summed E-state index contributed by atoms with van der Waals surface area (Å²) in [7, 11) is 0. The third-order valence-corrected chi connectivity index (χ3v) is 2.82. The van der Waals surface area contributed by atoms with Crippen LogP contribution in [0.3, 0.4) is 0 Å². The van der Waals surface area contributed by atoms with Gasteiger partial charge in [-0.25, -0.2) is 0 Å². The zero-order chi connectivity index (χ0) is 13.3. The highest BCUT2D eigenvalue weighted by Gasteiger charge is 2.28. The number of carbonyl (C=O) groups excluding carboxylic acids is 1. The Balaban J connectivity index is 2.61. The molecule has 2 aromatic rings. The van der Waals surface area contributed by atoms with Crippen LogP contribution in [0.15, 0.2) is 28.7 Å². The van der Waals surface area contributed by atoms with Gasteiger partial charge in [-0.1, -0.05) is 28.1 Å². The molecule has 0 spiro atoms. The van der Waals surface area contributed by atoms with Crippen molar-refractivity contribution in [3.63, 3.8) is 0 Å². The molecule has 0 bridgehead atoms. The highest BCUT2D eigenvalue weighted by atomic mass is 79.9. The number of aromatic nitrogens is 2. The molecule has 0 unspecified atom stereocenters. The Kier molecular flexibility index (Phi) is 3.11. The van der Waals surface area contributed by atoms with Gasteiger partial charge in [-0.2, -0.15) is 5.10 Å². The maximum atomic E-state index is 11.1. The number of nitro groups is 1. The van der Waals surface area contributed by atoms with Gasteiger partial charge in [-0.15, -0.1) is 0 Å². The second kappa shape index (κ2) is 4.57. The lowest BCUT2D eigenvalue weighted by atomic mass is 10.1. The highest BCUT2D eigenvalue weighted by Crippen LogP contribution is 2.31. The molecule has 0 atom stereocenters. The molecule has 0 aliphatic rings. The van der Waals surface area contributed by atoms with Gasteiger partial charge in [0.15, 0.2) is 5.69 Å². The van der Waals surface area contributed by atoms with Crippen LogP contribution >= 0.6 is 15.9 Å². The van der Waals surface area contributed by atoms with Crippen LogP contribution in [0.25, 0.3) is 11.3 Å². The van der Waals surface area contributed by atoms with Gasteiger partial charge >= 0.3 is 5.69 Å². The van der Waals surface area contributed by atoms with Crippen molar-refractivity contribution in [2.24, 2.45) is 5.73 Å². The normalized spacial score (nSPS) is 10.3. The van der Waals surface area contributed by atoms with E-state index in [1.807, 2.05) is 0 Å². The van der Waals surface area contributed by atoms with Gasteiger partial charge < -0.3 is 5.73 Å². The molecular formula is C10H7BrN4O3. The molecule has 3 N–H and O–H groups in total. The van der Waals surface area contributed by atoms with Crippen molar-refractivity contribution in [3.05, 3.63) is 44.5 Å². The Labute approximate surface area is 109 Å². The first-order chi connectivity index (χ1) is 8.50. The van der Waals surface area contributed by atoms with Crippen LogP contribution in [0.5, 0.6) is 0 Å². The first-order valence-electron chi connectivity index (χ1n) is 4.79. The average Bonchev–Trinajstić information content (AvgIpc) is 2.74. The Bertz CT molecular complexity index is 621. The summed E-state index contributed by atoms with van der Waals surface area (Å²) in [5, 5.41) is 17.0. The fraction of sp³-hybridized carbons (Fsp3) is 0. The maximum Gasteiger partial charge on any atom is 0.327 e. The molecule has 1 aromatic heterocycles. The number of benzene rings is 1. The SMILES string of the molecule is NC(=O)c1[nH]nc(-c2ccc(Br)cc2)c1[N+](=O)[O-]. The van der Waals surface area contributed by atoms with E-state index in [0.717, 1.165) is 4.47 Å². The number of amides is 1. The summed E-state index contributed by atoms with van der Waals surface area (Å²) >= 11 is 3.26. The summed E-state index contributed by atoms with van der Waals surface area (Å²) in [6, 6.07) is 6.74. The summed E-state index contributed by atoms with van der Waals surface area (Å²) < 4.78 is 0.833. The van der Waals surface area contributed by atoms with Crippen LogP contribution in [-0.4, -0.2) is 21.0 Å². The number of primary amides is 1. The van der Waals surface area contributed by atoms with Crippen molar-refractivity contribution < 1.29 is 9.72 Å². The van der Waals surface area contributed by atoms with Crippen LogP contribution < -0.4 is 5.73 Å². The molecule has 1 aromatic carbocycles. The zero-order valence-electron chi connectivity index (χ0n) is 8.88. The van der Waals surface area contributed by atoms with E-state index >= 15 is 0 Å². The number of nitrogens with zero attached hydrogens (tertiary/aromatic N) is 2. The topological polar surface area (TPSA) is 115 Å². The molecule has 0 aliphatic heterocycles. The van der Waals surface area contributed by atoms with Gasteiger partial charge in [-0.3, -0.25) is 20.0 Å². The van der Waals surface area contributed by atoms with Gasteiger partial charge in [0.05, 0.1) is 4.92 Å². The lowest BCUT2D eigenvalue weighted by Crippen LogP contribution is -2.13. The second-order valence-electron chi connectivity index (χ2n) is 3.42. The van der Waals surface area contributed by atoms with E-state index in [0.29, 0.717) is 5.56 Å². The lowest BCUT2D eigenvalue weighted by molar-refractivity contribution is -0.384. The molecule has 0 saturated heterocycles. The van der Waals surface area contributed by atoms with Gasteiger partial charge in [0.25, 0.3) is 5.91 Å². The van der Waals surface area contributed by atoms with Crippen LogP contribution in [0.1, 0.15) is 10.5 Å². The summed E-state index contributed by atoms with van der Waals surface area (Å²) in [5.74, 6) is -0.919. The number of hydrogen-bond acceptors (Lipinski definition) is 4. The van der Waals surface area contributed by atoms with E-state index in [4.69, 9.17) is 5.73 Å². The molecule has 1 heterocycles. The van der Waals surface area contributed by atoms with Crippen molar-refractivity contribution in [3.8, 4) is 11.3 Å². The van der Waals surface area contributed by atoms with Gasteiger partial charge in [-0.05, 0) is 12.1 Å². The number of rotatable bonds is 3. The monoisotopic (exact) mass is 310 g/mol. The van der Waals surface area contributed by atoms with Crippen LogP contribution in [-0.2, 0) is 0 Å². The van der Waals surface area contributed by atoms with E-state index in [9.17, 15) is 14.9 Å². The Morgan fingerprint density at radius 2 is 2.00 bits per heavy atom. The van der Waals surface area contributed by atoms with E-state index < -0.39 is 16.5 Å². The van der Waals surface area contributed by atoms with Gasteiger partial charge in [0.1, 0.15) is 0 Å². The van der Waals surface area contributed by atoms with E-state index in [1.165, 1.54) is 0 Å². The molecule has 18 heavy (non-hydrogen) atoms. The number of H-pyrrole nitrogens is 1. The molecule has 0 aliphatic carbocycles. The predicted octanol–water partition coefficient (Wildman–Crippen LogP) is 1.85. The minimum Gasteiger partial charge on any atom is -0.364 e. The van der Waals surface area contributed by atoms with Crippen molar-refractivity contribution in [1.82, 2.24) is 10.2 Å². The van der Waals surface area contributed by atoms with Gasteiger partial charge in [0.2, 0.25) is 5.69 Å². The fourth-order valence-corrected chi connectivity index (χ4v) is 1.76. The summed E-state index contributed by atoms with van der Waals surface area (Å²) in [4.78, 5) is 21.4. The van der Waals surface area contributed by atoms with Crippen LogP contribution in [0.2, 0.25) is 0 Å². The van der Waals surface area contributed by atoms with Crippen LogP contribution in [0, 0.1) is 10.1 Å². The minimum atomic E-state index is -0.919. The molecular weight excluding hydrogens is 304 g/mol. The second-order valence-corrected chi connectivity index (χ2v) is 4.34. The number of nitrogens with one attached hydrogen (secondary N) is 1. The summed E-state index contributed by atoms with van der Waals surface area (Å²) in [6.45, 7) is 0. The third kappa shape index (κ3) is 2.09. The molecule has 2 rings (SSSR count). The quantitative estimate of drug-likeness (QED) is 0.664. The van der Waals surface area contributed by atoms with Gasteiger partial charge in [0, 0.05) is 10.0 Å². The number of halogens is 1. The minimum absolute atomic E-state index is 0.0845. The fourth-order valence-electron chi connectivity index (χ4n) is 1.49. The van der Waals surface area contributed by atoms with E-state index in [-0.39, 0.29) is 11.4 Å². The van der Waals surface area contributed by atoms with Crippen LogP contribution in [0.4, 0.5) is 5.69 Å². The highest BCUT2D eigenvalue weighted by molar-refractivity contribution is 9.10. The molecule has 0 radical (unpaired) electrons. The van der Waals surface area contributed by atoms with Crippen molar-refractivity contribution >= 4 is 27.5 Å². The Morgan fingerprint density at radius 3 is 2.50 bits per heavy atom. The first kappa shape index (κ1) is 12.2. The Hall–Kier alpha value is -2.22. The largest absolute Gasteiger partial charge is 0.364 e. The predicted molar refractivity (Wildman–Crippen MR) is 66.9 cm³/mol. The Morgan fingerprint density at radius 1 is 1.39 bits per heavy atom. The first-order valence-corrected chi connectivity index (χ1v) is 5.58. The molecule has 1 amide bonds. The molecule has 8 heteroatoms. The average molecular weight is 311 g/mol.